The Labute approximate surface area is 67.2 Å². The lowest BCUT2D eigenvalue weighted by atomic mass is 9.66. The van der Waals surface area contributed by atoms with Gasteiger partial charge in [0.2, 0.25) is 0 Å². The number of rotatable bonds is 4. The molecule has 3 heteroatoms. The minimum Gasteiger partial charge on any atom is -0.394 e. The first-order valence-electron chi connectivity index (χ1n) is 4.21. The highest BCUT2D eigenvalue weighted by Gasteiger charge is 2.36. The van der Waals surface area contributed by atoms with Gasteiger partial charge in [0.25, 0.3) is 0 Å². The maximum absolute atomic E-state index is 9.18. The van der Waals surface area contributed by atoms with E-state index in [1.807, 2.05) is 0 Å². The van der Waals surface area contributed by atoms with E-state index in [0.29, 0.717) is 13.0 Å². The average molecular weight is 159 g/mol. The molecule has 3 nitrogen and oxygen atoms in total. The molecule has 1 unspecified atom stereocenters. The van der Waals surface area contributed by atoms with Crippen LogP contribution in [0.3, 0.4) is 0 Å². The molecule has 0 aromatic rings. The number of nitrogens with two attached hydrogens (primary N) is 1. The van der Waals surface area contributed by atoms with Crippen molar-refractivity contribution in [1.82, 2.24) is 0 Å². The minimum atomic E-state index is -0.571. The van der Waals surface area contributed by atoms with Gasteiger partial charge in [-0.25, -0.2) is 0 Å². The highest BCUT2D eigenvalue weighted by atomic mass is 16.3. The Kier molecular flexibility index (Phi) is 2.87. The summed E-state index contributed by atoms with van der Waals surface area (Å²) in [6.07, 6.45) is 3.54. The van der Waals surface area contributed by atoms with E-state index in [1.165, 1.54) is 6.42 Å². The summed E-state index contributed by atoms with van der Waals surface area (Å²) in [5.41, 5.74) is 5.73. The fraction of sp³-hybridized carbons (Fsp3) is 1.00. The van der Waals surface area contributed by atoms with Gasteiger partial charge >= 0.3 is 0 Å². The summed E-state index contributed by atoms with van der Waals surface area (Å²) >= 11 is 0. The average Bonchev–Trinajstić information content (AvgIpc) is 1.96. The molecule has 0 aromatic heterocycles. The van der Waals surface area contributed by atoms with Crippen molar-refractivity contribution in [3.05, 3.63) is 0 Å². The standard InChI is InChI=1S/C8H17NO2/c9-6-8(2-1-3-8)4-7(11)5-10/h7,10-11H,1-6,9H2. The Morgan fingerprint density at radius 1 is 1.45 bits per heavy atom. The molecule has 0 bridgehead atoms. The molecule has 0 aromatic carbocycles. The number of hydrogen-bond donors (Lipinski definition) is 3. The third kappa shape index (κ3) is 1.92. The smallest absolute Gasteiger partial charge is 0.0776 e. The van der Waals surface area contributed by atoms with Gasteiger partial charge < -0.3 is 15.9 Å². The molecule has 1 fully saturated rings. The van der Waals surface area contributed by atoms with Crippen LogP contribution in [0.2, 0.25) is 0 Å². The van der Waals surface area contributed by atoms with Crippen LogP contribution in [0.5, 0.6) is 0 Å². The Morgan fingerprint density at radius 3 is 2.36 bits per heavy atom. The van der Waals surface area contributed by atoms with Gasteiger partial charge in [-0.1, -0.05) is 6.42 Å². The van der Waals surface area contributed by atoms with Gasteiger partial charge in [-0.2, -0.15) is 0 Å². The Bertz CT molecular complexity index is 118. The fourth-order valence-electron chi connectivity index (χ4n) is 1.73. The van der Waals surface area contributed by atoms with Crippen LogP contribution in [0.15, 0.2) is 0 Å². The van der Waals surface area contributed by atoms with E-state index >= 15 is 0 Å². The van der Waals surface area contributed by atoms with Gasteiger partial charge in [-0.05, 0) is 31.2 Å². The SMILES string of the molecule is NCC1(CC(O)CO)CCC1. The van der Waals surface area contributed by atoms with Crippen molar-refractivity contribution >= 4 is 0 Å². The molecule has 0 heterocycles. The predicted octanol–water partition coefficient (Wildman–Crippen LogP) is -0.141. The summed E-state index contributed by atoms with van der Waals surface area (Å²) < 4.78 is 0. The molecule has 1 rings (SSSR count). The zero-order valence-electron chi connectivity index (χ0n) is 6.79. The van der Waals surface area contributed by atoms with Crippen LogP contribution in [0.25, 0.3) is 0 Å². The van der Waals surface area contributed by atoms with Crippen LogP contribution < -0.4 is 5.73 Å². The second kappa shape index (κ2) is 3.52. The molecular formula is C8H17NO2. The lowest BCUT2D eigenvalue weighted by Gasteiger charge is -2.42. The van der Waals surface area contributed by atoms with Gasteiger partial charge in [-0.3, -0.25) is 0 Å². The van der Waals surface area contributed by atoms with Crippen molar-refractivity contribution in [2.24, 2.45) is 11.1 Å². The topological polar surface area (TPSA) is 66.5 Å². The van der Waals surface area contributed by atoms with Gasteiger partial charge in [-0.15, -0.1) is 0 Å². The molecule has 1 aliphatic carbocycles. The van der Waals surface area contributed by atoms with Crippen LogP contribution in [0.4, 0.5) is 0 Å². The summed E-state index contributed by atoms with van der Waals surface area (Å²) in [4.78, 5) is 0. The summed E-state index contributed by atoms with van der Waals surface area (Å²) in [7, 11) is 0. The van der Waals surface area contributed by atoms with Crippen molar-refractivity contribution in [2.75, 3.05) is 13.2 Å². The van der Waals surface area contributed by atoms with Crippen molar-refractivity contribution in [2.45, 2.75) is 31.8 Å². The predicted molar refractivity (Wildman–Crippen MR) is 43.0 cm³/mol. The van der Waals surface area contributed by atoms with Crippen LogP contribution in [0, 0.1) is 5.41 Å². The zero-order valence-corrected chi connectivity index (χ0v) is 6.79. The van der Waals surface area contributed by atoms with Crippen molar-refractivity contribution < 1.29 is 10.2 Å². The van der Waals surface area contributed by atoms with Gasteiger partial charge in [0.15, 0.2) is 0 Å². The van der Waals surface area contributed by atoms with Crippen molar-refractivity contribution in [3.8, 4) is 0 Å². The van der Waals surface area contributed by atoms with Crippen molar-refractivity contribution in [3.63, 3.8) is 0 Å². The maximum atomic E-state index is 9.18. The maximum Gasteiger partial charge on any atom is 0.0776 e. The van der Waals surface area contributed by atoms with E-state index in [-0.39, 0.29) is 12.0 Å². The van der Waals surface area contributed by atoms with Crippen LogP contribution in [-0.2, 0) is 0 Å². The van der Waals surface area contributed by atoms with Gasteiger partial charge in [0.05, 0.1) is 12.7 Å². The largest absolute Gasteiger partial charge is 0.394 e. The van der Waals surface area contributed by atoms with Crippen molar-refractivity contribution in [1.29, 1.82) is 0 Å². The van der Waals surface area contributed by atoms with Crippen LogP contribution >= 0.6 is 0 Å². The molecular weight excluding hydrogens is 142 g/mol. The van der Waals surface area contributed by atoms with E-state index in [2.05, 4.69) is 0 Å². The third-order valence-corrected chi connectivity index (χ3v) is 2.73. The zero-order chi connectivity index (χ0) is 8.32. The highest BCUT2D eigenvalue weighted by Crippen LogP contribution is 2.43. The lowest BCUT2D eigenvalue weighted by molar-refractivity contribution is 0.0161. The fourth-order valence-corrected chi connectivity index (χ4v) is 1.73. The second-order valence-electron chi connectivity index (χ2n) is 3.60. The molecule has 66 valence electrons. The van der Waals surface area contributed by atoms with Crippen LogP contribution in [0.1, 0.15) is 25.7 Å². The Hall–Kier alpha value is -0.120. The Morgan fingerprint density at radius 2 is 2.09 bits per heavy atom. The third-order valence-electron chi connectivity index (χ3n) is 2.73. The number of hydrogen-bond acceptors (Lipinski definition) is 3. The molecule has 1 aliphatic rings. The molecule has 1 atom stereocenters. The highest BCUT2D eigenvalue weighted by molar-refractivity contribution is 4.90. The number of aliphatic hydroxyl groups excluding tert-OH is 2. The van der Waals surface area contributed by atoms with Crippen LogP contribution in [-0.4, -0.2) is 29.5 Å². The summed E-state index contributed by atoms with van der Waals surface area (Å²) in [5, 5.41) is 17.8. The first kappa shape index (κ1) is 8.97. The van der Waals surface area contributed by atoms with E-state index in [1.54, 1.807) is 0 Å². The lowest BCUT2D eigenvalue weighted by Crippen LogP contribution is -2.40. The minimum absolute atomic E-state index is 0.137. The molecule has 0 saturated heterocycles. The molecule has 0 aliphatic heterocycles. The molecule has 1 saturated carbocycles. The number of aliphatic hydroxyl groups is 2. The summed E-state index contributed by atoms with van der Waals surface area (Å²) in [6, 6.07) is 0. The summed E-state index contributed by atoms with van der Waals surface area (Å²) in [6.45, 7) is 0.506. The molecule has 11 heavy (non-hydrogen) atoms. The van der Waals surface area contributed by atoms with E-state index < -0.39 is 6.10 Å². The quantitative estimate of drug-likeness (QED) is 0.535. The second-order valence-corrected chi connectivity index (χ2v) is 3.60. The normalized spacial score (nSPS) is 24.3. The van der Waals surface area contributed by atoms with E-state index in [0.717, 1.165) is 12.8 Å². The van der Waals surface area contributed by atoms with E-state index in [4.69, 9.17) is 10.8 Å². The van der Waals surface area contributed by atoms with Gasteiger partial charge in [0.1, 0.15) is 0 Å². The van der Waals surface area contributed by atoms with E-state index in [9.17, 15) is 5.11 Å². The van der Waals surface area contributed by atoms with Gasteiger partial charge in [0, 0.05) is 0 Å². The first-order chi connectivity index (χ1) is 5.22. The molecule has 0 spiro atoms. The monoisotopic (exact) mass is 159 g/mol. The molecule has 4 N–H and O–H groups in total. The Balaban J connectivity index is 2.32. The first-order valence-corrected chi connectivity index (χ1v) is 4.21. The molecule has 0 radical (unpaired) electrons. The molecule has 0 amide bonds. The summed E-state index contributed by atoms with van der Waals surface area (Å²) in [5.74, 6) is 0.